The van der Waals surface area contributed by atoms with E-state index in [9.17, 15) is 43.2 Å². The summed E-state index contributed by atoms with van der Waals surface area (Å²) in [5.74, 6) is -2.22. The number of allylic oxidation sites excluding steroid dienone is 16. The zero-order valence-corrected chi connectivity index (χ0v) is 64.9. The van der Waals surface area contributed by atoms with Crippen molar-refractivity contribution in [2.45, 2.75) is 354 Å². The zero-order valence-electron chi connectivity index (χ0n) is 63.1. The van der Waals surface area contributed by atoms with Crippen LogP contribution in [0.3, 0.4) is 0 Å². The van der Waals surface area contributed by atoms with Gasteiger partial charge in [-0.1, -0.05) is 279 Å². The first-order chi connectivity index (χ1) is 48.7. The van der Waals surface area contributed by atoms with Crippen molar-refractivity contribution in [1.82, 2.24) is 0 Å². The highest BCUT2D eigenvalue weighted by molar-refractivity contribution is 7.47. The summed E-state index contributed by atoms with van der Waals surface area (Å²) in [5, 5.41) is 10.6. The van der Waals surface area contributed by atoms with E-state index in [-0.39, 0.29) is 25.7 Å². The molecule has 0 bridgehead atoms. The quantitative estimate of drug-likeness (QED) is 0.0169. The van der Waals surface area contributed by atoms with E-state index in [0.29, 0.717) is 25.7 Å². The summed E-state index contributed by atoms with van der Waals surface area (Å²) in [7, 11) is -9.96. The summed E-state index contributed by atoms with van der Waals surface area (Å²) < 4.78 is 68.5. The number of hydrogen-bond donors (Lipinski definition) is 3. The lowest BCUT2D eigenvalue weighted by molar-refractivity contribution is -0.161. The van der Waals surface area contributed by atoms with Gasteiger partial charge in [0.1, 0.15) is 19.3 Å². The van der Waals surface area contributed by atoms with Crippen molar-refractivity contribution in [3.63, 3.8) is 0 Å². The van der Waals surface area contributed by atoms with E-state index in [4.69, 9.17) is 37.0 Å². The first-order valence-electron chi connectivity index (χ1n) is 39.5. The molecule has 5 atom stereocenters. The molecule has 0 aromatic carbocycles. The molecule has 0 fully saturated rings. The Morgan fingerprint density at radius 3 is 0.850 bits per heavy atom. The third-order valence-corrected chi connectivity index (χ3v) is 18.4. The molecule has 17 nitrogen and oxygen atoms in total. The maximum Gasteiger partial charge on any atom is 0.472 e. The van der Waals surface area contributed by atoms with Gasteiger partial charge in [-0.15, -0.1) is 0 Å². The minimum atomic E-state index is -4.98. The van der Waals surface area contributed by atoms with Crippen LogP contribution in [0.25, 0.3) is 0 Å². The van der Waals surface area contributed by atoms with Crippen LogP contribution in [0.4, 0.5) is 0 Å². The van der Waals surface area contributed by atoms with E-state index in [1.165, 1.54) is 96.3 Å². The van der Waals surface area contributed by atoms with Crippen LogP contribution < -0.4 is 0 Å². The Balaban J connectivity index is 5.36. The van der Waals surface area contributed by atoms with Crippen LogP contribution in [0.5, 0.6) is 0 Å². The minimum Gasteiger partial charge on any atom is -0.462 e. The van der Waals surface area contributed by atoms with Gasteiger partial charge in [0, 0.05) is 25.7 Å². The molecule has 0 rings (SSSR count). The molecule has 0 aromatic rings. The van der Waals surface area contributed by atoms with Crippen molar-refractivity contribution in [3.8, 4) is 0 Å². The van der Waals surface area contributed by atoms with Crippen molar-refractivity contribution in [3.05, 3.63) is 97.2 Å². The summed E-state index contributed by atoms with van der Waals surface area (Å²) in [5.41, 5.74) is 0. The Hall–Kier alpha value is -4.02. The Morgan fingerprint density at radius 1 is 0.290 bits per heavy atom. The second kappa shape index (κ2) is 73.3. The number of rotatable bonds is 74. The lowest BCUT2D eigenvalue weighted by atomic mass is 10.0. The topological polar surface area (TPSA) is 237 Å². The molecule has 0 aromatic heterocycles. The smallest absolute Gasteiger partial charge is 0.462 e. The summed E-state index contributed by atoms with van der Waals surface area (Å²) in [6.45, 7) is 4.69. The molecule has 0 spiro atoms. The number of phosphoric ester groups is 2. The van der Waals surface area contributed by atoms with Crippen molar-refractivity contribution in [2.24, 2.45) is 0 Å². The van der Waals surface area contributed by atoms with Gasteiger partial charge in [-0.25, -0.2) is 9.13 Å². The summed E-state index contributed by atoms with van der Waals surface area (Å²) in [6, 6.07) is 0. The normalized spacial score (nSPS) is 14.4. The standard InChI is InChI=1S/C81H142O17P2/c1-5-9-13-17-21-25-29-33-35-36-37-38-40-44-46-50-54-58-62-66-79(84)92-72-77(98-81(86)68-64-60-56-52-48-42-32-28-24-20-16-12-8-4)74-96-100(89,90)94-70-75(82)69-93-99(87,88)95-73-76(97-80(85)67-63-59-55-51-47-41-31-27-23-19-15-11-7-3)71-91-78(83)65-61-57-53-49-45-43-39-34-30-26-22-18-14-10-6-2/h9,13,21-22,25-26,28,32-35,37-39,44,46,75-77,82H,5-8,10-12,14-20,23-24,27,29-31,36,40-43,45,47-74H2,1-4H3,(H,87,88)(H,89,90)/b13-9-,25-21-,26-22-,32-28-,35-33-,38-37-,39-34-,46-44-. The van der Waals surface area contributed by atoms with Crippen molar-refractivity contribution in [1.29, 1.82) is 0 Å². The van der Waals surface area contributed by atoms with Crippen LogP contribution >= 0.6 is 15.6 Å². The number of aliphatic hydroxyl groups excluding tert-OH is 1. The zero-order chi connectivity index (χ0) is 73.2. The molecule has 5 unspecified atom stereocenters. The summed E-state index contributed by atoms with van der Waals surface area (Å²) in [4.78, 5) is 72.9. The van der Waals surface area contributed by atoms with Gasteiger partial charge in [0.05, 0.1) is 26.4 Å². The molecular weight excluding hydrogens is 1310 g/mol. The number of esters is 4. The predicted molar refractivity (Wildman–Crippen MR) is 409 cm³/mol. The van der Waals surface area contributed by atoms with Crippen LogP contribution in [-0.4, -0.2) is 96.7 Å². The molecule has 0 amide bonds. The Kier molecular flexibility index (Phi) is 70.4. The second-order valence-corrected chi connectivity index (χ2v) is 29.2. The number of carbonyl (C=O) groups is 4. The van der Waals surface area contributed by atoms with Gasteiger partial charge in [0.15, 0.2) is 12.2 Å². The van der Waals surface area contributed by atoms with E-state index in [1.54, 1.807) is 0 Å². The maximum absolute atomic E-state index is 13.1. The molecule has 3 N–H and O–H groups in total. The van der Waals surface area contributed by atoms with Gasteiger partial charge in [-0.3, -0.25) is 37.3 Å². The lowest BCUT2D eigenvalue weighted by Crippen LogP contribution is -2.30. The van der Waals surface area contributed by atoms with Crippen LogP contribution in [0, 0.1) is 0 Å². The van der Waals surface area contributed by atoms with Gasteiger partial charge in [0.2, 0.25) is 0 Å². The SMILES string of the molecule is CC/C=C\C/C=C\C/C=C\C/C=C\C/C=C\CCCCCC(=O)OCC(COP(=O)(O)OCC(O)COP(=O)(O)OCC(COC(=O)CCCCCCC/C=C\C/C=C\CCCCC)OC(=O)CCCCCCCCCCCCCCC)OC(=O)CCCCCCC/C=C\CCCCCC. The largest absolute Gasteiger partial charge is 0.472 e. The number of ether oxygens (including phenoxy) is 4. The average molecular weight is 1450 g/mol. The van der Waals surface area contributed by atoms with Crippen molar-refractivity contribution >= 4 is 39.5 Å². The second-order valence-electron chi connectivity index (χ2n) is 26.3. The molecule has 0 saturated heterocycles. The van der Waals surface area contributed by atoms with E-state index < -0.39 is 97.5 Å². The van der Waals surface area contributed by atoms with E-state index in [2.05, 4.69) is 125 Å². The molecule has 0 heterocycles. The van der Waals surface area contributed by atoms with Crippen LogP contribution in [0.15, 0.2) is 97.2 Å². The number of aliphatic hydroxyl groups is 1. The Bertz CT molecular complexity index is 2270. The van der Waals surface area contributed by atoms with E-state index in [0.717, 1.165) is 161 Å². The fourth-order valence-corrected chi connectivity index (χ4v) is 12.1. The Morgan fingerprint density at radius 2 is 0.520 bits per heavy atom. The Labute approximate surface area is 607 Å². The first-order valence-corrected chi connectivity index (χ1v) is 42.5. The van der Waals surface area contributed by atoms with Gasteiger partial charge in [-0.05, 0) is 128 Å². The van der Waals surface area contributed by atoms with E-state index in [1.807, 2.05) is 0 Å². The van der Waals surface area contributed by atoms with E-state index >= 15 is 0 Å². The van der Waals surface area contributed by atoms with Gasteiger partial charge in [-0.2, -0.15) is 0 Å². The molecule has 0 aliphatic carbocycles. The van der Waals surface area contributed by atoms with Crippen molar-refractivity contribution in [2.75, 3.05) is 39.6 Å². The summed E-state index contributed by atoms with van der Waals surface area (Å²) >= 11 is 0. The monoisotopic (exact) mass is 1450 g/mol. The van der Waals surface area contributed by atoms with Gasteiger partial charge >= 0.3 is 39.5 Å². The maximum atomic E-state index is 13.1. The third kappa shape index (κ3) is 72.3. The predicted octanol–water partition coefficient (Wildman–Crippen LogP) is 22.8. The molecular formula is C81H142O17P2. The number of phosphoric acid groups is 2. The number of carbonyl (C=O) groups excluding carboxylic acids is 4. The third-order valence-electron chi connectivity index (χ3n) is 16.5. The first kappa shape index (κ1) is 96.0. The molecule has 578 valence electrons. The van der Waals surface area contributed by atoms with Crippen LogP contribution in [-0.2, 0) is 65.4 Å². The fourth-order valence-electron chi connectivity index (χ4n) is 10.5. The van der Waals surface area contributed by atoms with Gasteiger partial charge < -0.3 is 33.8 Å². The number of unbranched alkanes of at least 4 members (excludes halogenated alkanes) is 32. The lowest BCUT2D eigenvalue weighted by Gasteiger charge is -2.21. The number of hydrogen-bond acceptors (Lipinski definition) is 15. The highest BCUT2D eigenvalue weighted by atomic mass is 31.2. The minimum absolute atomic E-state index is 0.0773. The highest BCUT2D eigenvalue weighted by Crippen LogP contribution is 2.45. The summed E-state index contributed by atoms with van der Waals surface area (Å²) in [6.07, 6.45) is 76.7. The molecule has 0 saturated carbocycles. The fraction of sp³-hybridized carbons (Fsp3) is 0.753. The molecule has 0 aliphatic rings. The van der Waals surface area contributed by atoms with Gasteiger partial charge in [0.25, 0.3) is 0 Å². The average Bonchev–Trinajstić information content (AvgIpc) is 0.935. The van der Waals surface area contributed by atoms with Crippen LogP contribution in [0.1, 0.15) is 336 Å². The van der Waals surface area contributed by atoms with Crippen LogP contribution in [0.2, 0.25) is 0 Å². The molecule has 19 heteroatoms. The highest BCUT2D eigenvalue weighted by Gasteiger charge is 2.30. The molecule has 0 aliphatic heterocycles. The molecule has 100 heavy (non-hydrogen) atoms. The van der Waals surface area contributed by atoms with Crippen molar-refractivity contribution < 1.29 is 80.2 Å². The molecule has 0 radical (unpaired) electrons.